The van der Waals surface area contributed by atoms with Crippen molar-refractivity contribution in [2.24, 2.45) is 0 Å². The van der Waals surface area contributed by atoms with Crippen LogP contribution in [0.25, 0.3) is 22.0 Å². The second-order valence-electron chi connectivity index (χ2n) is 12.2. The van der Waals surface area contributed by atoms with E-state index >= 15 is 0 Å². The van der Waals surface area contributed by atoms with Crippen molar-refractivity contribution in [2.45, 2.75) is 25.4 Å². The predicted molar refractivity (Wildman–Crippen MR) is 181 cm³/mol. The number of para-hydroxylation sites is 2. The molecule has 2 aliphatic heterocycles. The smallest absolute Gasteiger partial charge is 0.333 e. The molecule has 11 nitrogen and oxygen atoms in total. The van der Waals surface area contributed by atoms with Crippen molar-refractivity contribution in [3.05, 3.63) is 90.1 Å². The quantitative estimate of drug-likeness (QED) is 0.191. The maximum absolute atomic E-state index is 14.6. The van der Waals surface area contributed by atoms with Crippen LogP contribution in [0.1, 0.15) is 23.7 Å². The van der Waals surface area contributed by atoms with Crippen LogP contribution in [0.4, 0.5) is 11.4 Å². The predicted octanol–water partition coefficient (Wildman–Crippen LogP) is 4.78. The molecule has 1 saturated heterocycles. The number of hydrogen-bond acceptors (Lipinski definition) is 7. The molecule has 4 aromatic rings. The third-order valence-corrected chi connectivity index (χ3v) is 8.91. The number of rotatable bonds is 9. The number of carbonyl (C=O) groups is 3. The van der Waals surface area contributed by atoms with Gasteiger partial charge in [-0.15, -0.1) is 0 Å². The first-order chi connectivity index (χ1) is 22.7. The molecule has 3 heterocycles. The molecular formula is C36H39N5O6. The van der Waals surface area contributed by atoms with Crippen molar-refractivity contribution >= 4 is 40.1 Å². The van der Waals surface area contributed by atoms with Gasteiger partial charge in [0.05, 0.1) is 23.0 Å². The van der Waals surface area contributed by atoms with Crippen LogP contribution < -0.4 is 15.0 Å². The number of fused-ring (bicyclic) bond motifs is 2. The van der Waals surface area contributed by atoms with Gasteiger partial charge in [-0.25, -0.2) is 9.59 Å². The highest BCUT2D eigenvalue weighted by atomic mass is 16.5. The van der Waals surface area contributed by atoms with Crippen LogP contribution in [0.5, 0.6) is 5.75 Å². The fourth-order valence-corrected chi connectivity index (χ4v) is 6.42. The Morgan fingerprint density at radius 2 is 1.77 bits per heavy atom. The van der Waals surface area contributed by atoms with Gasteiger partial charge in [0.2, 0.25) is 0 Å². The molecule has 3 aromatic carbocycles. The largest absolute Gasteiger partial charge is 0.492 e. The number of carbonyl (C=O) groups excluding carboxylic acids is 1. The Balaban J connectivity index is 1.40. The molecule has 0 saturated carbocycles. The molecular weight excluding hydrogens is 598 g/mol. The summed E-state index contributed by atoms with van der Waals surface area (Å²) in [7, 11) is 2.12. The number of benzene rings is 3. The zero-order chi connectivity index (χ0) is 33.1. The molecule has 1 fully saturated rings. The summed E-state index contributed by atoms with van der Waals surface area (Å²) in [5.74, 6) is -2.73. The first-order valence-corrected chi connectivity index (χ1v) is 15.8. The fraction of sp³-hybridized carbons (Fsp3) is 0.306. The van der Waals surface area contributed by atoms with E-state index in [0.29, 0.717) is 35.4 Å². The number of nitrogens with one attached hydrogen (secondary N) is 2. The van der Waals surface area contributed by atoms with Crippen molar-refractivity contribution in [2.75, 3.05) is 56.6 Å². The van der Waals surface area contributed by atoms with Crippen LogP contribution in [-0.2, 0) is 9.59 Å². The highest BCUT2D eigenvalue weighted by Crippen LogP contribution is 2.38. The molecule has 4 N–H and O–H groups in total. The number of anilines is 2. The molecule has 1 aromatic heterocycles. The number of carboxylic acid groups (broad SMARTS) is 2. The van der Waals surface area contributed by atoms with E-state index in [1.54, 1.807) is 24.3 Å². The molecule has 244 valence electrons. The second-order valence-corrected chi connectivity index (χ2v) is 12.2. The third-order valence-electron chi connectivity index (χ3n) is 8.91. The number of carboxylic acids is 2. The highest BCUT2D eigenvalue weighted by molar-refractivity contribution is 6.11. The minimum Gasteiger partial charge on any atom is -0.492 e. The monoisotopic (exact) mass is 637 g/mol. The van der Waals surface area contributed by atoms with Gasteiger partial charge in [0.1, 0.15) is 12.4 Å². The number of amides is 1. The van der Waals surface area contributed by atoms with Crippen molar-refractivity contribution in [3.8, 4) is 16.9 Å². The summed E-state index contributed by atoms with van der Waals surface area (Å²) >= 11 is 0. The Morgan fingerprint density at radius 1 is 0.979 bits per heavy atom. The minimum atomic E-state index is -1.40. The topological polar surface area (TPSA) is 138 Å². The molecule has 2 atom stereocenters. The molecule has 0 aliphatic carbocycles. The molecule has 6 rings (SSSR count). The fourth-order valence-electron chi connectivity index (χ4n) is 6.42. The number of aromatic amines is 1. The SMILES string of the molecule is C[C@H]1CC(C(=CC(=O)O)C(=O)O)N(C(=O)c2ccc(-c3ccc4[nH]ccc4c3)c(OCCN3CCN(C)CC3)c2)c2ccccc2N1. The van der Waals surface area contributed by atoms with E-state index < -0.39 is 23.9 Å². The van der Waals surface area contributed by atoms with Gasteiger partial charge in [-0.3, -0.25) is 14.6 Å². The molecule has 1 unspecified atom stereocenters. The van der Waals surface area contributed by atoms with E-state index in [0.717, 1.165) is 54.8 Å². The zero-order valence-corrected chi connectivity index (χ0v) is 26.5. The van der Waals surface area contributed by atoms with Crippen LogP contribution in [0, 0.1) is 0 Å². The number of aliphatic carboxylic acids is 2. The third kappa shape index (κ3) is 7.01. The Labute approximate surface area is 273 Å². The first-order valence-electron chi connectivity index (χ1n) is 15.8. The number of nitrogens with zero attached hydrogens (tertiary/aromatic N) is 3. The lowest BCUT2D eigenvalue weighted by Gasteiger charge is -2.32. The van der Waals surface area contributed by atoms with Crippen LogP contribution >= 0.6 is 0 Å². The number of H-pyrrole nitrogens is 1. The molecule has 1 amide bonds. The van der Waals surface area contributed by atoms with Gasteiger partial charge in [0.15, 0.2) is 0 Å². The summed E-state index contributed by atoms with van der Waals surface area (Å²) in [6.07, 6.45) is 2.75. The van der Waals surface area contributed by atoms with E-state index in [1.807, 2.05) is 49.5 Å². The lowest BCUT2D eigenvalue weighted by atomic mass is 9.96. The summed E-state index contributed by atoms with van der Waals surface area (Å²) in [6, 6.07) is 19.2. The normalized spacial score (nSPS) is 19.1. The molecule has 2 aliphatic rings. The summed E-state index contributed by atoms with van der Waals surface area (Å²) in [5, 5.41) is 24.1. The molecule has 11 heteroatoms. The average Bonchev–Trinajstić information content (AvgIpc) is 3.47. The van der Waals surface area contributed by atoms with Crippen molar-refractivity contribution in [3.63, 3.8) is 0 Å². The van der Waals surface area contributed by atoms with Crippen LogP contribution in [-0.4, -0.2) is 101 Å². The minimum absolute atomic E-state index is 0.176. The van der Waals surface area contributed by atoms with E-state index in [-0.39, 0.29) is 18.0 Å². The van der Waals surface area contributed by atoms with Gasteiger partial charge in [-0.05, 0) is 79.9 Å². The van der Waals surface area contributed by atoms with E-state index in [2.05, 4.69) is 33.2 Å². The second kappa shape index (κ2) is 13.7. The first kappa shape index (κ1) is 31.8. The number of ether oxygens (including phenoxy) is 1. The van der Waals surface area contributed by atoms with Gasteiger partial charge in [-0.2, -0.15) is 0 Å². The Morgan fingerprint density at radius 3 is 2.53 bits per heavy atom. The number of hydrogen-bond donors (Lipinski definition) is 4. The maximum atomic E-state index is 14.6. The Hall–Kier alpha value is -5.13. The summed E-state index contributed by atoms with van der Waals surface area (Å²) in [6.45, 7) is 6.91. The van der Waals surface area contributed by atoms with Crippen LogP contribution in [0.3, 0.4) is 0 Å². The van der Waals surface area contributed by atoms with E-state index in [4.69, 9.17) is 4.74 Å². The van der Waals surface area contributed by atoms with Gasteiger partial charge in [-0.1, -0.05) is 18.2 Å². The van der Waals surface area contributed by atoms with E-state index in [1.165, 1.54) is 4.90 Å². The van der Waals surface area contributed by atoms with Crippen molar-refractivity contribution in [1.82, 2.24) is 14.8 Å². The van der Waals surface area contributed by atoms with Gasteiger partial charge in [0.25, 0.3) is 5.91 Å². The van der Waals surface area contributed by atoms with Crippen LogP contribution in [0.15, 0.2) is 84.6 Å². The number of likely N-dealkylation sites (N-methyl/N-ethyl adjacent to an activating group) is 1. The summed E-state index contributed by atoms with van der Waals surface area (Å²) in [5.41, 5.74) is 3.79. The lowest BCUT2D eigenvalue weighted by molar-refractivity contribution is -0.135. The number of aromatic nitrogens is 1. The highest BCUT2D eigenvalue weighted by Gasteiger charge is 2.37. The van der Waals surface area contributed by atoms with Gasteiger partial charge < -0.3 is 30.2 Å². The van der Waals surface area contributed by atoms with Crippen molar-refractivity contribution in [1.29, 1.82) is 0 Å². The van der Waals surface area contributed by atoms with E-state index in [9.17, 15) is 24.6 Å². The Kier molecular flexibility index (Phi) is 9.28. The lowest BCUT2D eigenvalue weighted by Crippen LogP contribution is -2.45. The summed E-state index contributed by atoms with van der Waals surface area (Å²) in [4.78, 5) is 48.1. The average molecular weight is 638 g/mol. The van der Waals surface area contributed by atoms with Crippen LogP contribution in [0.2, 0.25) is 0 Å². The standard InChI is InChI=1S/C36H39N5O6/c1-23-19-32(28(36(45)46)22-34(42)43)41(31-6-4-3-5-30(31)38-23)35(44)26-7-9-27(24-8-10-29-25(20-24)11-12-37-29)33(21-26)47-18-17-40-15-13-39(2)14-16-40/h3-12,20-23,32,37-38H,13-19H2,1-2H3,(H,42,43)(H,45,46)/t23-,32?/m0/s1. The zero-order valence-electron chi connectivity index (χ0n) is 26.5. The molecule has 0 bridgehead atoms. The Bertz CT molecular complexity index is 1830. The van der Waals surface area contributed by atoms with Gasteiger partial charge in [0, 0.05) is 67.7 Å². The van der Waals surface area contributed by atoms with Crippen molar-refractivity contribution < 1.29 is 29.3 Å². The molecule has 47 heavy (non-hydrogen) atoms. The van der Waals surface area contributed by atoms with Gasteiger partial charge >= 0.3 is 11.9 Å². The molecule has 0 spiro atoms. The molecule has 0 radical (unpaired) electrons. The maximum Gasteiger partial charge on any atom is 0.333 e. The number of piperazine rings is 1. The summed E-state index contributed by atoms with van der Waals surface area (Å²) < 4.78 is 6.44.